The first-order valence-electron chi connectivity index (χ1n) is 4.57. The fourth-order valence-electron chi connectivity index (χ4n) is 1.50. The van der Waals surface area contributed by atoms with E-state index in [1.165, 1.54) is 12.3 Å². The third kappa shape index (κ3) is 2.08. The van der Waals surface area contributed by atoms with E-state index in [4.69, 9.17) is 0 Å². The van der Waals surface area contributed by atoms with Crippen molar-refractivity contribution in [3.8, 4) is 5.75 Å². The second kappa shape index (κ2) is 3.66. The summed E-state index contributed by atoms with van der Waals surface area (Å²) >= 11 is 0. The molecule has 0 aliphatic heterocycles. The predicted molar refractivity (Wildman–Crippen MR) is 53.2 cm³/mol. The SMILES string of the molecule is Cc1ccc(OC(F)(F)F)c2cccnc12. The second-order valence-corrected chi connectivity index (χ2v) is 3.33. The summed E-state index contributed by atoms with van der Waals surface area (Å²) in [6.45, 7) is 1.78. The van der Waals surface area contributed by atoms with Crippen LogP contribution in [-0.4, -0.2) is 11.3 Å². The Morgan fingerprint density at radius 2 is 1.94 bits per heavy atom. The molecule has 5 heteroatoms. The molecule has 2 rings (SSSR count). The summed E-state index contributed by atoms with van der Waals surface area (Å²) in [5, 5.41) is 0.361. The molecule has 1 aromatic heterocycles. The molecule has 0 atom stereocenters. The maximum absolute atomic E-state index is 12.1. The highest BCUT2D eigenvalue weighted by Crippen LogP contribution is 2.30. The Labute approximate surface area is 89.7 Å². The van der Waals surface area contributed by atoms with Gasteiger partial charge in [0.1, 0.15) is 5.75 Å². The summed E-state index contributed by atoms with van der Waals surface area (Å²) < 4.78 is 40.3. The van der Waals surface area contributed by atoms with Gasteiger partial charge in [-0.15, -0.1) is 13.2 Å². The highest BCUT2D eigenvalue weighted by molar-refractivity contribution is 5.87. The monoisotopic (exact) mass is 227 g/mol. The molecule has 0 saturated heterocycles. The smallest absolute Gasteiger partial charge is 0.405 e. The molecular weight excluding hydrogens is 219 g/mol. The molecule has 0 unspecified atom stereocenters. The average molecular weight is 227 g/mol. The van der Waals surface area contributed by atoms with Crippen molar-refractivity contribution in [1.82, 2.24) is 4.98 Å². The average Bonchev–Trinajstić information content (AvgIpc) is 2.21. The molecule has 2 aromatic rings. The van der Waals surface area contributed by atoms with Crippen LogP contribution in [0.4, 0.5) is 13.2 Å². The number of ether oxygens (including phenoxy) is 1. The predicted octanol–water partition coefficient (Wildman–Crippen LogP) is 3.44. The molecule has 0 N–H and O–H groups in total. The van der Waals surface area contributed by atoms with Crippen molar-refractivity contribution < 1.29 is 17.9 Å². The van der Waals surface area contributed by atoms with E-state index in [-0.39, 0.29) is 5.75 Å². The minimum absolute atomic E-state index is 0.221. The standard InChI is InChI=1S/C11H8F3NO/c1-7-4-5-9(16-11(12,13)14)8-3-2-6-15-10(7)8/h2-6H,1H3. The number of rotatable bonds is 1. The van der Waals surface area contributed by atoms with Gasteiger partial charge in [-0.2, -0.15) is 0 Å². The Hall–Kier alpha value is -1.78. The zero-order chi connectivity index (χ0) is 11.8. The van der Waals surface area contributed by atoms with Crippen molar-refractivity contribution in [3.63, 3.8) is 0 Å². The topological polar surface area (TPSA) is 22.1 Å². The zero-order valence-corrected chi connectivity index (χ0v) is 8.38. The summed E-state index contributed by atoms with van der Waals surface area (Å²) in [5.74, 6) is -0.221. The number of hydrogen-bond acceptors (Lipinski definition) is 2. The minimum Gasteiger partial charge on any atom is -0.405 e. The van der Waals surface area contributed by atoms with Crippen LogP contribution in [0.3, 0.4) is 0 Å². The van der Waals surface area contributed by atoms with Gasteiger partial charge in [0.15, 0.2) is 0 Å². The molecule has 0 aliphatic rings. The van der Waals surface area contributed by atoms with Gasteiger partial charge < -0.3 is 4.74 Å². The maximum atomic E-state index is 12.1. The Balaban J connectivity index is 2.59. The van der Waals surface area contributed by atoms with Crippen molar-refractivity contribution in [3.05, 3.63) is 36.0 Å². The van der Waals surface area contributed by atoms with Crippen LogP contribution in [-0.2, 0) is 0 Å². The molecule has 84 valence electrons. The first kappa shape index (κ1) is 10.7. The molecule has 0 fully saturated rings. The van der Waals surface area contributed by atoms with Gasteiger partial charge in [0.2, 0.25) is 0 Å². The van der Waals surface area contributed by atoms with Gasteiger partial charge >= 0.3 is 6.36 Å². The lowest BCUT2D eigenvalue weighted by Gasteiger charge is -2.11. The van der Waals surface area contributed by atoms with Gasteiger partial charge in [-0.25, -0.2) is 0 Å². The fraction of sp³-hybridized carbons (Fsp3) is 0.182. The van der Waals surface area contributed by atoms with Crippen molar-refractivity contribution in [2.75, 3.05) is 0 Å². The number of aryl methyl sites for hydroxylation is 1. The molecule has 1 aromatic carbocycles. The number of fused-ring (bicyclic) bond motifs is 1. The van der Waals surface area contributed by atoms with Crippen LogP contribution in [0.1, 0.15) is 5.56 Å². The number of nitrogens with zero attached hydrogens (tertiary/aromatic N) is 1. The molecule has 2 nitrogen and oxygen atoms in total. The van der Waals surface area contributed by atoms with Crippen LogP contribution < -0.4 is 4.74 Å². The Morgan fingerprint density at radius 1 is 1.19 bits per heavy atom. The number of halogens is 3. The molecule has 0 spiro atoms. The van der Waals surface area contributed by atoms with E-state index < -0.39 is 6.36 Å². The van der Waals surface area contributed by atoms with Crippen LogP contribution in [0, 0.1) is 6.92 Å². The summed E-state index contributed by atoms with van der Waals surface area (Å²) in [4.78, 5) is 4.02. The number of hydrogen-bond donors (Lipinski definition) is 0. The molecule has 0 saturated carbocycles. The zero-order valence-electron chi connectivity index (χ0n) is 8.38. The van der Waals surface area contributed by atoms with Crippen LogP contribution in [0.15, 0.2) is 30.5 Å². The van der Waals surface area contributed by atoms with E-state index >= 15 is 0 Å². The van der Waals surface area contributed by atoms with Gasteiger partial charge in [0.05, 0.1) is 5.52 Å². The van der Waals surface area contributed by atoms with E-state index in [2.05, 4.69) is 9.72 Å². The van der Waals surface area contributed by atoms with Crippen LogP contribution in [0.5, 0.6) is 5.75 Å². The van der Waals surface area contributed by atoms with Crippen molar-refractivity contribution >= 4 is 10.9 Å². The van der Waals surface area contributed by atoms with E-state index in [9.17, 15) is 13.2 Å². The molecule has 0 amide bonds. The lowest BCUT2D eigenvalue weighted by atomic mass is 10.1. The molecule has 1 heterocycles. The van der Waals surface area contributed by atoms with E-state index in [1.54, 1.807) is 25.1 Å². The summed E-state index contributed by atoms with van der Waals surface area (Å²) in [6, 6.07) is 5.98. The highest BCUT2D eigenvalue weighted by Gasteiger charge is 2.31. The number of pyridine rings is 1. The van der Waals surface area contributed by atoms with Crippen LogP contribution in [0.25, 0.3) is 10.9 Å². The number of benzene rings is 1. The van der Waals surface area contributed by atoms with E-state index in [0.29, 0.717) is 10.9 Å². The van der Waals surface area contributed by atoms with Gasteiger partial charge in [-0.1, -0.05) is 6.07 Å². The van der Waals surface area contributed by atoms with Gasteiger partial charge in [0.25, 0.3) is 0 Å². The highest BCUT2D eigenvalue weighted by atomic mass is 19.4. The van der Waals surface area contributed by atoms with Crippen LogP contribution >= 0.6 is 0 Å². The normalized spacial score (nSPS) is 11.8. The molecule has 0 aliphatic carbocycles. The van der Waals surface area contributed by atoms with Gasteiger partial charge in [-0.05, 0) is 30.7 Å². The van der Waals surface area contributed by atoms with E-state index in [0.717, 1.165) is 5.56 Å². The van der Waals surface area contributed by atoms with Gasteiger partial charge in [0, 0.05) is 11.6 Å². The summed E-state index contributed by atoms with van der Waals surface area (Å²) in [6.07, 6.45) is -3.15. The largest absolute Gasteiger partial charge is 0.573 e. The van der Waals surface area contributed by atoms with Gasteiger partial charge in [-0.3, -0.25) is 4.98 Å². The first-order valence-corrected chi connectivity index (χ1v) is 4.57. The lowest BCUT2D eigenvalue weighted by Crippen LogP contribution is -2.17. The lowest BCUT2D eigenvalue weighted by molar-refractivity contribution is -0.274. The maximum Gasteiger partial charge on any atom is 0.573 e. The number of alkyl halides is 3. The van der Waals surface area contributed by atoms with E-state index in [1.807, 2.05) is 0 Å². The summed E-state index contributed by atoms with van der Waals surface area (Å²) in [5.41, 5.74) is 1.33. The quantitative estimate of drug-likeness (QED) is 0.744. The second-order valence-electron chi connectivity index (χ2n) is 3.33. The van der Waals surface area contributed by atoms with Crippen molar-refractivity contribution in [2.45, 2.75) is 13.3 Å². The third-order valence-electron chi connectivity index (χ3n) is 2.16. The molecular formula is C11H8F3NO. The Kier molecular flexibility index (Phi) is 2.46. The van der Waals surface area contributed by atoms with Crippen molar-refractivity contribution in [2.24, 2.45) is 0 Å². The molecule has 16 heavy (non-hydrogen) atoms. The third-order valence-corrected chi connectivity index (χ3v) is 2.16. The minimum atomic E-state index is -4.68. The van der Waals surface area contributed by atoms with Crippen molar-refractivity contribution in [1.29, 1.82) is 0 Å². The van der Waals surface area contributed by atoms with Crippen LogP contribution in [0.2, 0.25) is 0 Å². The first-order chi connectivity index (χ1) is 7.47. The molecule has 0 radical (unpaired) electrons. The Morgan fingerprint density at radius 3 is 2.62 bits per heavy atom. The summed E-state index contributed by atoms with van der Waals surface area (Å²) in [7, 11) is 0. The molecule has 0 bridgehead atoms. The fourth-order valence-corrected chi connectivity index (χ4v) is 1.50. The Bertz CT molecular complexity index is 522. The number of aromatic nitrogens is 1.